The Balaban J connectivity index is 1.95. The number of aromatic nitrogens is 1. The molecule has 2 N–H and O–H groups in total. The number of rotatable bonds is 3. The summed E-state index contributed by atoms with van der Waals surface area (Å²) in [5, 5.41) is 0.879. The first-order valence-electron chi connectivity index (χ1n) is 7.47. The van der Waals surface area contributed by atoms with Crippen LogP contribution in [-0.2, 0) is 11.8 Å². The first-order valence-corrected chi connectivity index (χ1v) is 8.29. The monoisotopic (exact) mass is 331 g/mol. The van der Waals surface area contributed by atoms with E-state index in [2.05, 4.69) is 22.8 Å². The van der Waals surface area contributed by atoms with Crippen LogP contribution in [0.2, 0.25) is 0 Å². The maximum atomic E-state index is 12.1. The molecule has 1 aromatic heterocycles. The number of thiazole rings is 1. The van der Waals surface area contributed by atoms with E-state index in [0.717, 1.165) is 17.0 Å². The number of carbonyl (C=O) groups excluding carboxylic acids is 2. The van der Waals surface area contributed by atoms with Gasteiger partial charge in [-0.3, -0.25) is 20.4 Å². The van der Waals surface area contributed by atoms with Crippen LogP contribution < -0.4 is 10.9 Å². The number of nitrogens with zero attached hydrogens (tertiary/aromatic N) is 1. The van der Waals surface area contributed by atoms with Crippen LogP contribution in [0.3, 0.4) is 0 Å². The van der Waals surface area contributed by atoms with E-state index in [1.54, 1.807) is 12.1 Å². The highest BCUT2D eigenvalue weighted by molar-refractivity contribution is 7.13. The van der Waals surface area contributed by atoms with Crippen molar-refractivity contribution < 1.29 is 9.59 Å². The summed E-state index contributed by atoms with van der Waals surface area (Å²) >= 11 is 1.33. The molecule has 0 atom stereocenters. The summed E-state index contributed by atoms with van der Waals surface area (Å²) in [6.45, 7) is 8.16. The Bertz CT molecular complexity index is 699. The Labute approximate surface area is 140 Å². The zero-order valence-electron chi connectivity index (χ0n) is 13.8. The Hall–Kier alpha value is -2.21. The zero-order chi connectivity index (χ0) is 17.0. The second-order valence-corrected chi connectivity index (χ2v) is 7.27. The highest BCUT2D eigenvalue weighted by Gasteiger charge is 2.20. The molecule has 0 saturated heterocycles. The van der Waals surface area contributed by atoms with Crippen LogP contribution in [0.15, 0.2) is 30.5 Å². The Kier molecular flexibility index (Phi) is 5.15. The Morgan fingerprint density at radius 2 is 1.70 bits per heavy atom. The summed E-state index contributed by atoms with van der Waals surface area (Å²) in [5.74, 6) is -0.710. The van der Waals surface area contributed by atoms with Crippen LogP contribution in [0.5, 0.6) is 0 Å². The predicted octanol–water partition coefficient (Wildman–Crippen LogP) is 3.08. The van der Waals surface area contributed by atoms with E-state index in [0.29, 0.717) is 10.4 Å². The molecule has 0 saturated carbocycles. The molecule has 6 heteroatoms. The second-order valence-electron chi connectivity index (χ2n) is 6.24. The van der Waals surface area contributed by atoms with Crippen molar-refractivity contribution in [2.75, 3.05) is 0 Å². The van der Waals surface area contributed by atoms with Crippen molar-refractivity contribution in [1.82, 2.24) is 15.8 Å². The van der Waals surface area contributed by atoms with Crippen LogP contribution in [0.4, 0.5) is 0 Å². The zero-order valence-corrected chi connectivity index (χ0v) is 14.6. The quantitative estimate of drug-likeness (QED) is 0.849. The predicted molar refractivity (Wildman–Crippen MR) is 91.6 cm³/mol. The molecule has 0 spiro atoms. The summed E-state index contributed by atoms with van der Waals surface area (Å²) in [7, 11) is 0. The summed E-state index contributed by atoms with van der Waals surface area (Å²) in [5.41, 5.74) is 6.40. The molecule has 5 nitrogen and oxygen atoms in total. The number of carbonyl (C=O) groups is 2. The standard InChI is InChI=1S/C17H21N3O2S/c1-5-11-6-8-12(9-7-11)14(21)19-20-15(22)13-10-18-16(23-13)17(2,3)4/h6-10H,5H2,1-4H3,(H,19,21)(H,20,22). The first kappa shape index (κ1) is 17.1. The molecule has 1 heterocycles. The van der Waals surface area contributed by atoms with Gasteiger partial charge in [0.1, 0.15) is 4.88 Å². The largest absolute Gasteiger partial charge is 0.281 e. The van der Waals surface area contributed by atoms with E-state index in [1.807, 2.05) is 32.9 Å². The minimum Gasteiger partial charge on any atom is -0.267 e. The molecule has 0 unspecified atom stereocenters. The third kappa shape index (κ3) is 4.39. The highest BCUT2D eigenvalue weighted by atomic mass is 32.1. The topological polar surface area (TPSA) is 71.1 Å². The fourth-order valence-corrected chi connectivity index (χ4v) is 2.73. The molecule has 0 aliphatic carbocycles. The van der Waals surface area contributed by atoms with Crippen LogP contribution in [0.1, 0.15) is 58.3 Å². The van der Waals surface area contributed by atoms with Gasteiger partial charge in [0.25, 0.3) is 11.8 Å². The van der Waals surface area contributed by atoms with Gasteiger partial charge in [0, 0.05) is 11.0 Å². The molecule has 0 fully saturated rings. The van der Waals surface area contributed by atoms with E-state index >= 15 is 0 Å². The van der Waals surface area contributed by atoms with Gasteiger partial charge < -0.3 is 0 Å². The molecular formula is C17H21N3O2S. The minimum atomic E-state index is -0.364. The molecule has 2 rings (SSSR count). The number of aryl methyl sites for hydroxylation is 1. The van der Waals surface area contributed by atoms with E-state index in [-0.39, 0.29) is 17.2 Å². The lowest BCUT2D eigenvalue weighted by molar-refractivity contribution is 0.0849. The van der Waals surface area contributed by atoms with Crippen molar-refractivity contribution in [2.45, 2.75) is 39.5 Å². The van der Waals surface area contributed by atoms with Crippen molar-refractivity contribution in [3.05, 3.63) is 51.5 Å². The molecule has 1 aromatic carbocycles. The summed E-state index contributed by atoms with van der Waals surface area (Å²) in [6.07, 6.45) is 2.45. The van der Waals surface area contributed by atoms with Gasteiger partial charge in [0.2, 0.25) is 0 Å². The highest BCUT2D eigenvalue weighted by Crippen LogP contribution is 2.26. The third-order valence-corrected chi connectivity index (χ3v) is 4.71. The maximum Gasteiger partial charge on any atom is 0.281 e. The fraction of sp³-hybridized carbons (Fsp3) is 0.353. The molecule has 23 heavy (non-hydrogen) atoms. The van der Waals surface area contributed by atoms with Crippen molar-refractivity contribution >= 4 is 23.2 Å². The lowest BCUT2D eigenvalue weighted by atomic mass is 9.98. The van der Waals surface area contributed by atoms with Crippen molar-refractivity contribution in [2.24, 2.45) is 0 Å². The SMILES string of the molecule is CCc1ccc(C(=O)NNC(=O)c2cnc(C(C)(C)C)s2)cc1. The van der Waals surface area contributed by atoms with Crippen molar-refractivity contribution in [3.63, 3.8) is 0 Å². The summed E-state index contributed by atoms with van der Waals surface area (Å²) in [6, 6.07) is 7.28. The number of benzene rings is 1. The van der Waals surface area contributed by atoms with Gasteiger partial charge >= 0.3 is 0 Å². The van der Waals surface area contributed by atoms with E-state index in [1.165, 1.54) is 17.5 Å². The van der Waals surface area contributed by atoms with Gasteiger partial charge in [-0.1, -0.05) is 39.8 Å². The van der Waals surface area contributed by atoms with Crippen molar-refractivity contribution in [3.8, 4) is 0 Å². The molecular weight excluding hydrogens is 310 g/mol. The maximum absolute atomic E-state index is 12.1. The van der Waals surface area contributed by atoms with E-state index < -0.39 is 0 Å². The average molecular weight is 331 g/mol. The number of amides is 2. The van der Waals surface area contributed by atoms with Crippen LogP contribution >= 0.6 is 11.3 Å². The Morgan fingerprint density at radius 3 is 2.22 bits per heavy atom. The average Bonchev–Trinajstić information content (AvgIpc) is 3.02. The van der Waals surface area contributed by atoms with Gasteiger partial charge in [0.05, 0.1) is 11.2 Å². The first-order chi connectivity index (χ1) is 10.8. The summed E-state index contributed by atoms with van der Waals surface area (Å²) < 4.78 is 0. The second kappa shape index (κ2) is 6.91. The number of hydrazine groups is 1. The van der Waals surface area contributed by atoms with Crippen LogP contribution in [-0.4, -0.2) is 16.8 Å². The van der Waals surface area contributed by atoms with Gasteiger partial charge in [-0.25, -0.2) is 4.98 Å². The number of hydrogen-bond donors (Lipinski definition) is 2. The van der Waals surface area contributed by atoms with E-state index in [4.69, 9.17) is 0 Å². The normalized spacial score (nSPS) is 11.1. The Morgan fingerprint density at radius 1 is 1.09 bits per heavy atom. The van der Waals surface area contributed by atoms with Gasteiger partial charge in [-0.15, -0.1) is 11.3 Å². The molecule has 0 radical (unpaired) electrons. The third-order valence-electron chi connectivity index (χ3n) is 3.29. The lowest BCUT2D eigenvalue weighted by Gasteiger charge is -2.13. The lowest BCUT2D eigenvalue weighted by Crippen LogP contribution is -2.41. The van der Waals surface area contributed by atoms with E-state index in [9.17, 15) is 9.59 Å². The van der Waals surface area contributed by atoms with Gasteiger partial charge in [-0.05, 0) is 24.1 Å². The van der Waals surface area contributed by atoms with Crippen LogP contribution in [0.25, 0.3) is 0 Å². The molecule has 0 aliphatic rings. The molecule has 0 aliphatic heterocycles. The summed E-state index contributed by atoms with van der Waals surface area (Å²) in [4.78, 5) is 28.8. The number of hydrogen-bond acceptors (Lipinski definition) is 4. The van der Waals surface area contributed by atoms with Gasteiger partial charge in [-0.2, -0.15) is 0 Å². The number of nitrogens with one attached hydrogen (secondary N) is 2. The smallest absolute Gasteiger partial charge is 0.267 e. The molecule has 0 bridgehead atoms. The molecule has 122 valence electrons. The molecule has 2 aromatic rings. The van der Waals surface area contributed by atoms with Crippen LogP contribution in [0, 0.1) is 0 Å². The minimum absolute atomic E-state index is 0.104. The van der Waals surface area contributed by atoms with Crippen molar-refractivity contribution in [1.29, 1.82) is 0 Å². The van der Waals surface area contributed by atoms with Gasteiger partial charge in [0.15, 0.2) is 0 Å². The molecule has 2 amide bonds. The fourth-order valence-electron chi connectivity index (χ4n) is 1.86.